The SMILES string of the molecule is Cc1cc(Cl)c(C(=O)C(N)CC(=O)O)cc1F. The van der Waals surface area contributed by atoms with Gasteiger partial charge in [-0.05, 0) is 24.6 Å². The monoisotopic (exact) mass is 259 g/mol. The van der Waals surface area contributed by atoms with Gasteiger partial charge in [0.15, 0.2) is 5.78 Å². The molecule has 0 aliphatic rings. The molecule has 0 radical (unpaired) electrons. The van der Waals surface area contributed by atoms with Gasteiger partial charge >= 0.3 is 5.97 Å². The number of Topliss-reactive ketones (excluding diaryl/α,β-unsaturated/α-hetero) is 1. The first-order valence-corrected chi connectivity index (χ1v) is 5.18. The van der Waals surface area contributed by atoms with Gasteiger partial charge in [-0.2, -0.15) is 0 Å². The highest BCUT2D eigenvalue weighted by molar-refractivity contribution is 6.34. The lowest BCUT2D eigenvalue weighted by atomic mass is 10.0. The first-order chi connectivity index (χ1) is 7.82. The zero-order valence-corrected chi connectivity index (χ0v) is 9.79. The number of carboxylic acids is 1. The highest BCUT2D eigenvalue weighted by Crippen LogP contribution is 2.22. The molecule has 1 atom stereocenters. The molecule has 17 heavy (non-hydrogen) atoms. The van der Waals surface area contributed by atoms with Crippen LogP contribution in [0.15, 0.2) is 12.1 Å². The highest BCUT2D eigenvalue weighted by Gasteiger charge is 2.22. The molecule has 0 amide bonds. The Bertz CT molecular complexity index is 476. The summed E-state index contributed by atoms with van der Waals surface area (Å²) >= 11 is 5.79. The Labute approximate surface area is 102 Å². The number of nitrogens with two attached hydrogens (primary N) is 1. The number of benzene rings is 1. The van der Waals surface area contributed by atoms with Crippen molar-refractivity contribution in [2.45, 2.75) is 19.4 Å². The van der Waals surface area contributed by atoms with E-state index >= 15 is 0 Å². The standard InChI is InChI=1S/C11H11ClFNO3/c1-5-2-7(12)6(3-8(5)13)11(17)9(14)4-10(15)16/h2-3,9H,4,14H2,1H3,(H,15,16). The Morgan fingerprint density at radius 3 is 2.65 bits per heavy atom. The van der Waals surface area contributed by atoms with Crippen LogP contribution in [-0.4, -0.2) is 22.9 Å². The normalized spacial score (nSPS) is 12.2. The average Bonchev–Trinajstić information content (AvgIpc) is 2.21. The summed E-state index contributed by atoms with van der Waals surface area (Å²) in [6, 6.07) is 1.05. The van der Waals surface area contributed by atoms with Crippen molar-refractivity contribution in [2.24, 2.45) is 5.73 Å². The van der Waals surface area contributed by atoms with Crippen molar-refractivity contribution in [1.82, 2.24) is 0 Å². The quantitative estimate of drug-likeness (QED) is 0.808. The molecule has 0 aromatic heterocycles. The summed E-state index contributed by atoms with van der Waals surface area (Å²) in [6.45, 7) is 1.51. The van der Waals surface area contributed by atoms with Gasteiger partial charge in [-0.25, -0.2) is 4.39 Å². The Balaban J connectivity index is 3.04. The van der Waals surface area contributed by atoms with E-state index in [-0.39, 0.29) is 10.6 Å². The van der Waals surface area contributed by atoms with E-state index in [1.54, 1.807) is 0 Å². The van der Waals surface area contributed by atoms with Gasteiger partial charge in [0.1, 0.15) is 5.82 Å². The summed E-state index contributed by atoms with van der Waals surface area (Å²) in [5.41, 5.74) is 5.61. The molecule has 1 unspecified atom stereocenters. The van der Waals surface area contributed by atoms with E-state index in [9.17, 15) is 14.0 Å². The Morgan fingerprint density at radius 1 is 1.53 bits per heavy atom. The summed E-state index contributed by atoms with van der Waals surface area (Å²) in [5, 5.41) is 8.57. The van der Waals surface area contributed by atoms with Gasteiger partial charge in [-0.3, -0.25) is 9.59 Å². The van der Waals surface area contributed by atoms with E-state index in [1.807, 2.05) is 0 Å². The van der Waals surface area contributed by atoms with Crippen molar-refractivity contribution in [3.8, 4) is 0 Å². The number of carbonyl (C=O) groups is 2. The number of carboxylic acid groups (broad SMARTS) is 1. The van der Waals surface area contributed by atoms with Crippen LogP contribution >= 0.6 is 11.6 Å². The summed E-state index contributed by atoms with van der Waals surface area (Å²) in [7, 11) is 0. The van der Waals surface area contributed by atoms with Gasteiger partial charge in [-0.15, -0.1) is 0 Å². The molecule has 92 valence electrons. The second-order valence-electron chi connectivity index (χ2n) is 3.65. The van der Waals surface area contributed by atoms with Gasteiger partial charge in [-0.1, -0.05) is 11.6 Å². The van der Waals surface area contributed by atoms with Crippen LogP contribution in [0.2, 0.25) is 5.02 Å². The van der Waals surface area contributed by atoms with Crippen LogP contribution in [-0.2, 0) is 4.79 Å². The van der Waals surface area contributed by atoms with Gasteiger partial charge in [0.25, 0.3) is 0 Å². The molecule has 1 aromatic carbocycles. The second kappa shape index (κ2) is 5.25. The van der Waals surface area contributed by atoms with Crippen LogP contribution in [0.3, 0.4) is 0 Å². The van der Waals surface area contributed by atoms with Crippen molar-refractivity contribution >= 4 is 23.4 Å². The molecular formula is C11H11ClFNO3. The number of hydrogen-bond acceptors (Lipinski definition) is 3. The minimum Gasteiger partial charge on any atom is -0.481 e. The average molecular weight is 260 g/mol. The summed E-state index contributed by atoms with van der Waals surface area (Å²) in [6.07, 6.45) is -0.523. The molecule has 4 nitrogen and oxygen atoms in total. The van der Waals surface area contributed by atoms with Crippen LogP contribution in [0.5, 0.6) is 0 Å². The lowest BCUT2D eigenvalue weighted by Gasteiger charge is -2.10. The number of hydrogen-bond donors (Lipinski definition) is 2. The topological polar surface area (TPSA) is 80.4 Å². The molecule has 0 aliphatic carbocycles. The zero-order chi connectivity index (χ0) is 13.2. The minimum atomic E-state index is -1.23. The molecular weight excluding hydrogens is 249 g/mol. The number of aliphatic carboxylic acids is 1. The van der Waals surface area contributed by atoms with E-state index in [4.69, 9.17) is 22.4 Å². The van der Waals surface area contributed by atoms with E-state index in [1.165, 1.54) is 13.0 Å². The predicted octanol–water partition coefficient (Wildman–Crippen LogP) is 1.77. The Hall–Kier alpha value is -1.46. The molecule has 3 N–H and O–H groups in total. The second-order valence-corrected chi connectivity index (χ2v) is 4.06. The molecule has 0 saturated carbocycles. The molecule has 0 fully saturated rings. The maximum atomic E-state index is 13.3. The number of ketones is 1. The number of carbonyl (C=O) groups excluding carboxylic acids is 1. The lowest BCUT2D eigenvalue weighted by Crippen LogP contribution is -2.33. The molecule has 0 saturated heterocycles. The summed E-state index contributed by atoms with van der Waals surface area (Å²) in [4.78, 5) is 22.1. The van der Waals surface area contributed by atoms with Crippen molar-refractivity contribution in [2.75, 3.05) is 0 Å². The van der Waals surface area contributed by atoms with Gasteiger partial charge < -0.3 is 10.8 Å². The zero-order valence-electron chi connectivity index (χ0n) is 9.04. The molecule has 1 rings (SSSR count). The van der Waals surface area contributed by atoms with Crippen molar-refractivity contribution in [3.63, 3.8) is 0 Å². The van der Waals surface area contributed by atoms with E-state index < -0.39 is 30.0 Å². The third kappa shape index (κ3) is 3.25. The van der Waals surface area contributed by atoms with Crippen LogP contribution in [0, 0.1) is 12.7 Å². The number of halogens is 2. The van der Waals surface area contributed by atoms with Crippen LogP contribution in [0.1, 0.15) is 22.3 Å². The molecule has 1 aromatic rings. The maximum Gasteiger partial charge on any atom is 0.305 e. The number of aryl methyl sites for hydroxylation is 1. The fourth-order valence-corrected chi connectivity index (χ4v) is 1.63. The lowest BCUT2D eigenvalue weighted by molar-refractivity contribution is -0.137. The largest absolute Gasteiger partial charge is 0.481 e. The Morgan fingerprint density at radius 2 is 2.12 bits per heavy atom. The van der Waals surface area contributed by atoms with E-state index in [2.05, 4.69) is 0 Å². The fourth-order valence-electron chi connectivity index (χ4n) is 1.32. The first kappa shape index (κ1) is 13.6. The number of rotatable bonds is 4. The molecule has 6 heteroatoms. The highest BCUT2D eigenvalue weighted by atomic mass is 35.5. The van der Waals surface area contributed by atoms with Crippen molar-refractivity contribution in [1.29, 1.82) is 0 Å². The van der Waals surface area contributed by atoms with E-state index in [0.29, 0.717) is 5.56 Å². The summed E-state index contributed by atoms with van der Waals surface area (Å²) < 4.78 is 13.3. The predicted molar refractivity (Wildman–Crippen MR) is 60.7 cm³/mol. The third-order valence-electron chi connectivity index (χ3n) is 2.25. The van der Waals surface area contributed by atoms with Crippen LogP contribution in [0.4, 0.5) is 4.39 Å². The maximum absolute atomic E-state index is 13.3. The molecule has 0 heterocycles. The summed E-state index contributed by atoms with van der Waals surface area (Å²) in [5.74, 6) is -2.47. The minimum absolute atomic E-state index is 0.0646. The van der Waals surface area contributed by atoms with Crippen molar-refractivity contribution < 1.29 is 19.1 Å². The fraction of sp³-hybridized carbons (Fsp3) is 0.273. The first-order valence-electron chi connectivity index (χ1n) is 4.80. The van der Waals surface area contributed by atoms with Gasteiger partial charge in [0.2, 0.25) is 0 Å². The molecule has 0 bridgehead atoms. The van der Waals surface area contributed by atoms with Crippen LogP contribution < -0.4 is 5.73 Å². The van der Waals surface area contributed by atoms with Crippen LogP contribution in [0.25, 0.3) is 0 Å². The molecule has 0 spiro atoms. The van der Waals surface area contributed by atoms with Gasteiger partial charge in [0, 0.05) is 5.56 Å². The van der Waals surface area contributed by atoms with Gasteiger partial charge in [0.05, 0.1) is 17.5 Å². The Kier molecular flexibility index (Phi) is 4.20. The third-order valence-corrected chi connectivity index (χ3v) is 2.56. The van der Waals surface area contributed by atoms with E-state index in [0.717, 1.165) is 6.07 Å². The molecule has 0 aliphatic heterocycles. The van der Waals surface area contributed by atoms with Crippen molar-refractivity contribution in [3.05, 3.63) is 34.1 Å². The smallest absolute Gasteiger partial charge is 0.305 e.